The highest BCUT2D eigenvalue weighted by Crippen LogP contribution is 2.16. The first kappa shape index (κ1) is 10.4. The van der Waals surface area contributed by atoms with Crippen molar-refractivity contribution in [2.45, 2.75) is 13.8 Å². The molecule has 13 heavy (non-hydrogen) atoms. The van der Waals surface area contributed by atoms with Gasteiger partial charge in [-0.3, -0.25) is 4.98 Å². The van der Waals surface area contributed by atoms with E-state index in [0.29, 0.717) is 0 Å². The van der Waals surface area contributed by atoms with Crippen LogP contribution in [-0.2, 0) is 0 Å². The van der Waals surface area contributed by atoms with Crippen LogP contribution in [0.25, 0.3) is 10.9 Å². The summed E-state index contributed by atoms with van der Waals surface area (Å²) in [6, 6.07) is 10.2. The number of hydrogen-bond donors (Lipinski definition) is 0. The van der Waals surface area contributed by atoms with Crippen LogP contribution in [0.5, 0.6) is 0 Å². The van der Waals surface area contributed by atoms with Gasteiger partial charge in [-0.2, -0.15) is 0 Å². The normalized spacial score (nSPS) is 9.15. The van der Waals surface area contributed by atoms with Gasteiger partial charge in [0.05, 0.1) is 5.52 Å². The lowest BCUT2D eigenvalue weighted by Crippen LogP contribution is -1.79. The van der Waals surface area contributed by atoms with E-state index in [4.69, 9.17) is 0 Å². The Morgan fingerprint density at radius 1 is 1.08 bits per heavy atom. The predicted octanol–water partition coefficient (Wildman–Crippen LogP) is 3.87. The van der Waals surface area contributed by atoms with Crippen LogP contribution in [0.15, 0.2) is 36.5 Å². The van der Waals surface area contributed by atoms with Crippen molar-refractivity contribution in [1.82, 2.24) is 4.98 Å². The highest BCUT2D eigenvalue weighted by Gasteiger charge is 1.94. The van der Waals surface area contributed by atoms with Crippen molar-refractivity contribution in [3.8, 4) is 0 Å². The molecule has 0 unspecified atom stereocenters. The van der Waals surface area contributed by atoms with E-state index < -0.39 is 0 Å². The molecule has 1 aromatic carbocycles. The zero-order valence-corrected chi connectivity index (χ0v) is 9.95. The standard InChI is InChI=1S/C9H6IN.C2H6/c10-8-5-6-11-9-4-2-1-3-7(8)9;1-2/h1-6H;1-2H3. The van der Waals surface area contributed by atoms with E-state index in [-0.39, 0.29) is 0 Å². The van der Waals surface area contributed by atoms with Gasteiger partial charge < -0.3 is 0 Å². The minimum absolute atomic E-state index is 1.07. The summed E-state index contributed by atoms with van der Waals surface area (Å²) in [6.45, 7) is 4.00. The fraction of sp³-hybridized carbons (Fsp3) is 0.182. The Morgan fingerprint density at radius 3 is 2.46 bits per heavy atom. The fourth-order valence-electron chi connectivity index (χ4n) is 1.06. The molecule has 2 heteroatoms. The number of benzene rings is 1. The molecule has 0 saturated carbocycles. The monoisotopic (exact) mass is 285 g/mol. The molecule has 0 atom stereocenters. The van der Waals surface area contributed by atoms with Crippen LogP contribution >= 0.6 is 22.6 Å². The van der Waals surface area contributed by atoms with Crippen LogP contribution in [0.1, 0.15) is 13.8 Å². The Hall–Kier alpha value is -0.640. The van der Waals surface area contributed by atoms with Gasteiger partial charge in [-0.05, 0) is 34.7 Å². The van der Waals surface area contributed by atoms with Crippen LogP contribution in [0.2, 0.25) is 0 Å². The molecule has 0 radical (unpaired) electrons. The summed E-state index contributed by atoms with van der Waals surface area (Å²) in [7, 11) is 0. The topological polar surface area (TPSA) is 12.9 Å². The largest absolute Gasteiger partial charge is 0.256 e. The van der Waals surface area contributed by atoms with Crippen molar-refractivity contribution in [2.75, 3.05) is 0 Å². The molecule has 0 N–H and O–H groups in total. The quantitative estimate of drug-likeness (QED) is 0.670. The van der Waals surface area contributed by atoms with Gasteiger partial charge in [-0.25, -0.2) is 0 Å². The van der Waals surface area contributed by atoms with Gasteiger partial charge in [0.25, 0.3) is 0 Å². The molecule has 0 fully saturated rings. The summed E-state index contributed by atoms with van der Waals surface area (Å²) in [5, 5.41) is 1.23. The van der Waals surface area contributed by atoms with Crippen molar-refractivity contribution >= 4 is 33.5 Å². The second-order valence-corrected chi connectivity index (χ2v) is 3.47. The third kappa shape index (κ3) is 2.40. The molecule has 0 saturated heterocycles. The average Bonchev–Trinajstić information content (AvgIpc) is 2.22. The molecular weight excluding hydrogens is 273 g/mol. The lowest BCUT2D eigenvalue weighted by atomic mass is 10.2. The molecule has 2 rings (SSSR count). The molecule has 0 aliphatic rings. The van der Waals surface area contributed by atoms with E-state index in [1.807, 2.05) is 44.3 Å². The van der Waals surface area contributed by atoms with Gasteiger partial charge in [0.1, 0.15) is 0 Å². The lowest BCUT2D eigenvalue weighted by Gasteiger charge is -1.96. The molecule has 1 heterocycles. The third-order valence-corrected chi connectivity index (χ3v) is 2.54. The molecule has 0 amide bonds. The minimum atomic E-state index is 1.07. The minimum Gasteiger partial charge on any atom is -0.256 e. The van der Waals surface area contributed by atoms with Crippen LogP contribution in [-0.4, -0.2) is 4.98 Å². The summed E-state index contributed by atoms with van der Waals surface area (Å²) in [5.41, 5.74) is 1.07. The van der Waals surface area contributed by atoms with E-state index in [2.05, 4.69) is 33.6 Å². The number of aromatic nitrogens is 1. The maximum Gasteiger partial charge on any atom is 0.0712 e. The molecule has 0 aliphatic heterocycles. The molecular formula is C11H12IN. The van der Waals surface area contributed by atoms with Crippen molar-refractivity contribution in [3.05, 3.63) is 40.1 Å². The van der Waals surface area contributed by atoms with Gasteiger partial charge in [-0.1, -0.05) is 32.0 Å². The number of halogens is 1. The number of nitrogens with zero attached hydrogens (tertiary/aromatic N) is 1. The Balaban J connectivity index is 0.000000396. The number of rotatable bonds is 0. The van der Waals surface area contributed by atoms with Crippen LogP contribution in [0.3, 0.4) is 0 Å². The molecule has 1 nitrogen and oxygen atoms in total. The van der Waals surface area contributed by atoms with E-state index in [1.54, 1.807) is 0 Å². The summed E-state index contributed by atoms with van der Waals surface area (Å²) < 4.78 is 1.26. The SMILES string of the molecule is CC.Ic1ccnc2ccccc12. The number of hydrogen-bond acceptors (Lipinski definition) is 1. The van der Waals surface area contributed by atoms with Gasteiger partial charge in [0.15, 0.2) is 0 Å². The number of fused-ring (bicyclic) bond motifs is 1. The molecule has 1 aromatic heterocycles. The highest BCUT2D eigenvalue weighted by molar-refractivity contribution is 14.1. The maximum absolute atomic E-state index is 4.24. The van der Waals surface area contributed by atoms with Crippen LogP contribution in [0.4, 0.5) is 0 Å². The van der Waals surface area contributed by atoms with Crippen LogP contribution < -0.4 is 0 Å². The van der Waals surface area contributed by atoms with Crippen LogP contribution in [0, 0.1) is 3.57 Å². The maximum atomic E-state index is 4.24. The first-order chi connectivity index (χ1) is 6.38. The predicted molar refractivity (Wildman–Crippen MR) is 65.8 cm³/mol. The average molecular weight is 285 g/mol. The highest BCUT2D eigenvalue weighted by atomic mass is 127. The fourth-order valence-corrected chi connectivity index (χ4v) is 1.68. The molecule has 0 aliphatic carbocycles. The number of pyridine rings is 1. The van der Waals surface area contributed by atoms with Crippen molar-refractivity contribution in [3.63, 3.8) is 0 Å². The summed E-state index contributed by atoms with van der Waals surface area (Å²) in [5.74, 6) is 0. The third-order valence-electron chi connectivity index (χ3n) is 1.60. The van der Waals surface area contributed by atoms with E-state index in [9.17, 15) is 0 Å². The van der Waals surface area contributed by atoms with E-state index >= 15 is 0 Å². The second kappa shape index (κ2) is 5.17. The molecule has 2 aromatic rings. The second-order valence-electron chi connectivity index (χ2n) is 2.31. The van der Waals surface area contributed by atoms with Crippen molar-refractivity contribution in [1.29, 1.82) is 0 Å². The van der Waals surface area contributed by atoms with Gasteiger partial charge >= 0.3 is 0 Å². The van der Waals surface area contributed by atoms with E-state index in [1.165, 1.54) is 8.96 Å². The smallest absolute Gasteiger partial charge is 0.0712 e. The zero-order chi connectivity index (χ0) is 9.68. The van der Waals surface area contributed by atoms with E-state index in [0.717, 1.165) is 5.52 Å². The zero-order valence-electron chi connectivity index (χ0n) is 7.79. The first-order valence-electron chi connectivity index (χ1n) is 4.37. The molecule has 0 spiro atoms. The summed E-state index contributed by atoms with van der Waals surface area (Å²) in [6.07, 6.45) is 1.84. The molecule has 68 valence electrons. The van der Waals surface area contributed by atoms with Crippen molar-refractivity contribution < 1.29 is 0 Å². The van der Waals surface area contributed by atoms with Gasteiger partial charge in [0.2, 0.25) is 0 Å². The lowest BCUT2D eigenvalue weighted by molar-refractivity contribution is 1.40. The Kier molecular flexibility index (Phi) is 4.15. The van der Waals surface area contributed by atoms with Gasteiger partial charge in [-0.15, -0.1) is 0 Å². The Bertz CT molecular complexity index is 379. The number of para-hydroxylation sites is 1. The Morgan fingerprint density at radius 2 is 1.77 bits per heavy atom. The molecule has 0 bridgehead atoms. The summed E-state index contributed by atoms with van der Waals surface area (Å²) >= 11 is 2.32. The Labute approximate surface area is 92.3 Å². The van der Waals surface area contributed by atoms with Gasteiger partial charge in [0, 0.05) is 15.2 Å². The van der Waals surface area contributed by atoms with Crippen molar-refractivity contribution in [2.24, 2.45) is 0 Å². The first-order valence-corrected chi connectivity index (χ1v) is 5.45. The summed E-state index contributed by atoms with van der Waals surface area (Å²) in [4.78, 5) is 4.24.